The van der Waals surface area contributed by atoms with Gasteiger partial charge in [-0.1, -0.05) is 12.1 Å². The molecule has 0 saturated heterocycles. The molecule has 0 spiro atoms. The maximum absolute atomic E-state index is 11.7. The third-order valence-corrected chi connectivity index (χ3v) is 2.56. The highest BCUT2D eigenvalue weighted by atomic mass is 16.3. The average Bonchev–Trinajstić information content (AvgIpc) is 2.13. The van der Waals surface area contributed by atoms with Gasteiger partial charge in [0.2, 0.25) is 0 Å². The number of aliphatic hydroxyl groups is 1. The molecule has 0 saturated carbocycles. The third kappa shape index (κ3) is 1.34. The number of rotatable bonds is 0. The van der Waals surface area contributed by atoms with E-state index in [1.54, 1.807) is 0 Å². The first-order valence-electron chi connectivity index (χ1n) is 4.56. The second-order valence-electron chi connectivity index (χ2n) is 3.90. The first kappa shape index (κ1) is 9.86. The quantitative estimate of drug-likeness (QED) is 0.661. The largest absolute Gasteiger partial charge is 0.507 e. The Kier molecular flexibility index (Phi) is 1.91. The lowest BCUT2D eigenvalue weighted by atomic mass is 9.79. The summed E-state index contributed by atoms with van der Waals surface area (Å²) in [5, 5.41) is 19.2. The molecule has 1 aromatic rings. The molecule has 1 atom stereocenters. The van der Waals surface area contributed by atoms with Gasteiger partial charge < -0.3 is 10.2 Å². The van der Waals surface area contributed by atoms with Gasteiger partial charge in [0.25, 0.3) is 0 Å². The number of phenolic OH excluding ortho intramolecular Hbond substituents is 1. The van der Waals surface area contributed by atoms with Gasteiger partial charge in [-0.05, 0) is 13.0 Å². The highest BCUT2D eigenvalue weighted by Gasteiger charge is 2.41. The number of aromatic hydroxyl groups is 1. The Labute approximate surface area is 86.2 Å². The number of benzene rings is 1. The lowest BCUT2D eigenvalue weighted by molar-refractivity contribution is 0.0325. The fourth-order valence-corrected chi connectivity index (χ4v) is 1.79. The minimum absolute atomic E-state index is 0.0222. The van der Waals surface area contributed by atoms with Gasteiger partial charge in [0.15, 0.2) is 11.6 Å². The van der Waals surface area contributed by atoms with Crippen molar-refractivity contribution < 1.29 is 19.8 Å². The maximum Gasteiger partial charge on any atom is 0.195 e. The summed E-state index contributed by atoms with van der Waals surface area (Å²) in [5.74, 6) is -1.14. The summed E-state index contributed by atoms with van der Waals surface area (Å²) in [6.45, 7) is 1.31. The summed E-state index contributed by atoms with van der Waals surface area (Å²) >= 11 is 0. The van der Waals surface area contributed by atoms with E-state index in [-0.39, 0.29) is 23.3 Å². The molecule has 78 valence electrons. The van der Waals surface area contributed by atoms with Gasteiger partial charge >= 0.3 is 0 Å². The summed E-state index contributed by atoms with van der Waals surface area (Å²) in [6, 6.07) is 4.26. The number of Topliss-reactive ketones (excluding diaryl/α,β-unsaturated/α-hetero) is 2. The molecule has 0 unspecified atom stereocenters. The molecule has 4 heteroatoms. The highest BCUT2D eigenvalue weighted by molar-refractivity contribution is 6.18. The second-order valence-corrected chi connectivity index (χ2v) is 3.90. The fourth-order valence-electron chi connectivity index (χ4n) is 1.79. The van der Waals surface area contributed by atoms with Crippen molar-refractivity contribution in [2.75, 3.05) is 0 Å². The summed E-state index contributed by atoms with van der Waals surface area (Å²) in [5.41, 5.74) is -1.54. The molecule has 0 aliphatic heterocycles. The van der Waals surface area contributed by atoms with Gasteiger partial charge in [0, 0.05) is 12.0 Å². The molecular formula is C11H10O4. The van der Waals surface area contributed by atoms with Crippen molar-refractivity contribution in [3.8, 4) is 5.75 Å². The van der Waals surface area contributed by atoms with Crippen molar-refractivity contribution in [1.82, 2.24) is 0 Å². The topological polar surface area (TPSA) is 74.6 Å². The predicted molar refractivity (Wildman–Crippen MR) is 52.0 cm³/mol. The van der Waals surface area contributed by atoms with E-state index in [4.69, 9.17) is 0 Å². The van der Waals surface area contributed by atoms with Crippen LogP contribution in [0.4, 0.5) is 0 Å². The van der Waals surface area contributed by atoms with Crippen LogP contribution in [0.3, 0.4) is 0 Å². The van der Waals surface area contributed by atoms with Crippen LogP contribution < -0.4 is 0 Å². The third-order valence-electron chi connectivity index (χ3n) is 2.56. The van der Waals surface area contributed by atoms with E-state index in [1.807, 2.05) is 0 Å². The van der Waals surface area contributed by atoms with Gasteiger partial charge in [-0.2, -0.15) is 0 Å². The maximum atomic E-state index is 11.7. The Bertz CT molecular complexity index is 460. The standard InChI is InChI=1S/C11H10O4/c1-11(15)5-8(13)9-6(10(11)14)3-2-4-7(9)12/h2-4,12,15H,5H2,1H3/t11-/m1/s1. The van der Waals surface area contributed by atoms with Gasteiger partial charge in [0.05, 0.1) is 5.56 Å². The lowest BCUT2D eigenvalue weighted by Gasteiger charge is -2.27. The molecule has 1 aromatic carbocycles. The number of ketones is 2. The van der Waals surface area contributed by atoms with Gasteiger partial charge in [-0.3, -0.25) is 9.59 Å². The van der Waals surface area contributed by atoms with E-state index >= 15 is 0 Å². The molecule has 1 aliphatic carbocycles. The number of phenols is 1. The van der Waals surface area contributed by atoms with Crippen molar-refractivity contribution in [3.63, 3.8) is 0 Å². The number of carbonyl (C=O) groups excluding carboxylic acids is 2. The van der Waals surface area contributed by atoms with Crippen LogP contribution in [-0.2, 0) is 0 Å². The van der Waals surface area contributed by atoms with Crippen molar-refractivity contribution in [2.24, 2.45) is 0 Å². The van der Waals surface area contributed by atoms with Crippen LogP contribution in [0.5, 0.6) is 5.75 Å². The van der Waals surface area contributed by atoms with E-state index in [9.17, 15) is 19.8 Å². The molecule has 0 aromatic heterocycles. The van der Waals surface area contributed by atoms with Crippen molar-refractivity contribution in [1.29, 1.82) is 0 Å². The number of hydrogen-bond acceptors (Lipinski definition) is 4. The molecule has 0 radical (unpaired) electrons. The van der Waals surface area contributed by atoms with Crippen LogP contribution in [0, 0.1) is 0 Å². The van der Waals surface area contributed by atoms with Crippen molar-refractivity contribution in [2.45, 2.75) is 18.9 Å². The number of hydrogen-bond donors (Lipinski definition) is 2. The first-order valence-corrected chi connectivity index (χ1v) is 4.56. The Morgan fingerprint density at radius 1 is 1.33 bits per heavy atom. The Hall–Kier alpha value is -1.68. The van der Waals surface area contributed by atoms with Crippen LogP contribution in [-0.4, -0.2) is 27.4 Å². The highest BCUT2D eigenvalue weighted by Crippen LogP contribution is 2.33. The van der Waals surface area contributed by atoms with Crippen LogP contribution in [0.15, 0.2) is 18.2 Å². The molecule has 0 bridgehead atoms. The molecule has 4 nitrogen and oxygen atoms in total. The van der Waals surface area contributed by atoms with Crippen molar-refractivity contribution in [3.05, 3.63) is 29.3 Å². The van der Waals surface area contributed by atoms with Gasteiger partial charge in [0.1, 0.15) is 11.4 Å². The molecular weight excluding hydrogens is 196 g/mol. The van der Waals surface area contributed by atoms with E-state index in [0.29, 0.717) is 0 Å². The SMILES string of the molecule is C[C@@]1(O)CC(=O)c2c(O)cccc2C1=O. The normalized spacial score (nSPS) is 25.2. The smallest absolute Gasteiger partial charge is 0.195 e. The summed E-state index contributed by atoms with van der Waals surface area (Å²) in [6.07, 6.45) is -0.281. The Morgan fingerprint density at radius 2 is 2.00 bits per heavy atom. The summed E-state index contributed by atoms with van der Waals surface area (Å²) in [7, 11) is 0. The zero-order chi connectivity index (χ0) is 11.2. The second kappa shape index (κ2) is 2.90. The molecule has 1 aliphatic rings. The zero-order valence-corrected chi connectivity index (χ0v) is 8.15. The van der Waals surface area contributed by atoms with Gasteiger partial charge in [-0.25, -0.2) is 0 Å². The van der Waals surface area contributed by atoms with Crippen LogP contribution in [0.1, 0.15) is 34.1 Å². The number of carbonyl (C=O) groups is 2. The Morgan fingerprint density at radius 3 is 2.67 bits per heavy atom. The summed E-state index contributed by atoms with van der Waals surface area (Å²) < 4.78 is 0. The predicted octanol–water partition coefficient (Wildman–Crippen LogP) is 0.912. The van der Waals surface area contributed by atoms with E-state index in [1.165, 1.54) is 25.1 Å². The zero-order valence-electron chi connectivity index (χ0n) is 8.15. The monoisotopic (exact) mass is 206 g/mol. The van der Waals surface area contributed by atoms with Crippen LogP contribution in [0.2, 0.25) is 0 Å². The van der Waals surface area contributed by atoms with Gasteiger partial charge in [-0.15, -0.1) is 0 Å². The molecule has 0 amide bonds. The first-order chi connectivity index (χ1) is 6.93. The molecule has 0 fully saturated rings. The average molecular weight is 206 g/mol. The molecule has 15 heavy (non-hydrogen) atoms. The van der Waals surface area contributed by atoms with Crippen LogP contribution in [0.25, 0.3) is 0 Å². The fraction of sp³-hybridized carbons (Fsp3) is 0.273. The molecule has 2 N–H and O–H groups in total. The lowest BCUT2D eigenvalue weighted by Crippen LogP contribution is -2.42. The summed E-state index contributed by atoms with van der Waals surface area (Å²) in [4.78, 5) is 23.3. The van der Waals surface area contributed by atoms with E-state index in [2.05, 4.69) is 0 Å². The minimum atomic E-state index is -1.65. The molecule has 0 heterocycles. The van der Waals surface area contributed by atoms with E-state index in [0.717, 1.165) is 0 Å². The molecule has 2 rings (SSSR count). The number of fused-ring (bicyclic) bond motifs is 1. The van der Waals surface area contributed by atoms with Crippen LogP contribution >= 0.6 is 0 Å². The minimum Gasteiger partial charge on any atom is -0.507 e. The van der Waals surface area contributed by atoms with E-state index < -0.39 is 17.2 Å². The Balaban J connectivity index is 2.70. The van der Waals surface area contributed by atoms with Crippen molar-refractivity contribution >= 4 is 11.6 Å².